The number of hydrogen-bond donors (Lipinski definition) is 3. The molecule has 0 spiro atoms. The van der Waals surface area contributed by atoms with Crippen LogP contribution < -0.4 is 5.73 Å². The summed E-state index contributed by atoms with van der Waals surface area (Å²) in [4.78, 5) is 2.77. The fourth-order valence-corrected chi connectivity index (χ4v) is 0.995. The summed E-state index contributed by atoms with van der Waals surface area (Å²) in [6, 6.07) is 3.48. The minimum atomic E-state index is -0.187. The molecule has 0 aliphatic rings. The van der Waals surface area contributed by atoms with Gasteiger partial charge in [-0.15, -0.1) is 0 Å². The van der Waals surface area contributed by atoms with Crippen molar-refractivity contribution in [3.05, 3.63) is 23.5 Å². The van der Waals surface area contributed by atoms with Crippen LogP contribution in [0.3, 0.4) is 0 Å². The molecule has 4 N–H and O–H groups in total. The van der Waals surface area contributed by atoms with Crippen molar-refractivity contribution in [2.45, 2.75) is 12.5 Å². The number of H-pyrrole nitrogens is 1. The van der Waals surface area contributed by atoms with E-state index in [1.54, 1.807) is 12.3 Å². The zero-order chi connectivity index (χ0) is 8.97. The van der Waals surface area contributed by atoms with Gasteiger partial charge in [0.25, 0.3) is 0 Å². The fourth-order valence-electron chi connectivity index (χ4n) is 0.995. The van der Waals surface area contributed by atoms with Gasteiger partial charge in [-0.1, -0.05) is 0 Å². The maximum Gasteiger partial charge on any atom is 0.117 e. The summed E-state index contributed by atoms with van der Waals surface area (Å²) in [6.07, 6.45) is 2.21. The molecule has 1 aromatic heterocycles. The molecule has 0 saturated carbocycles. The van der Waals surface area contributed by atoms with E-state index in [4.69, 9.17) is 16.1 Å². The standard InChI is InChI=1S/C8H11N3O/c9-4-7-3-6(5-11-7)8(10)1-2-12/h3,5,8,11-12H,1-2,10H2/t8-/m1/s1. The summed E-state index contributed by atoms with van der Waals surface area (Å²) in [5, 5.41) is 17.1. The van der Waals surface area contributed by atoms with Crippen molar-refractivity contribution in [3.8, 4) is 6.07 Å². The summed E-state index contributed by atoms with van der Waals surface area (Å²) in [5.41, 5.74) is 7.04. The first kappa shape index (κ1) is 8.78. The molecular formula is C8H11N3O. The molecule has 0 aromatic carbocycles. The van der Waals surface area contributed by atoms with Gasteiger partial charge in [0, 0.05) is 18.8 Å². The molecule has 0 aliphatic carbocycles. The summed E-state index contributed by atoms with van der Waals surface area (Å²) < 4.78 is 0. The molecule has 0 amide bonds. The number of aromatic amines is 1. The Balaban J connectivity index is 2.69. The van der Waals surface area contributed by atoms with E-state index in [0.29, 0.717) is 12.1 Å². The lowest BCUT2D eigenvalue weighted by Gasteiger charge is -2.05. The van der Waals surface area contributed by atoms with E-state index in [9.17, 15) is 0 Å². The van der Waals surface area contributed by atoms with E-state index in [-0.39, 0.29) is 12.6 Å². The highest BCUT2D eigenvalue weighted by molar-refractivity contribution is 5.28. The number of rotatable bonds is 3. The highest BCUT2D eigenvalue weighted by Gasteiger charge is 2.06. The van der Waals surface area contributed by atoms with Gasteiger partial charge in [0.1, 0.15) is 11.8 Å². The van der Waals surface area contributed by atoms with Gasteiger partial charge in [-0.2, -0.15) is 5.26 Å². The van der Waals surface area contributed by atoms with E-state index in [2.05, 4.69) is 4.98 Å². The Kier molecular flexibility index (Phi) is 2.86. The molecule has 0 bridgehead atoms. The van der Waals surface area contributed by atoms with Crippen LogP contribution >= 0.6 is 0 Å². The highest BCUT2D eigenvalue weighted by atomic mass is 16.3. The van der Waals surface area contributed by atoms with E-state index in [1.807, 2.05) is 6.07 Å². The van der Waals surface area contributed by atoms with Gasteiger partial charge in [0.15, 0.2) is 0 Å². The largest absolute Gasteiger partial charge is 0.396 e. The number of aliphatic hydroxyl groups is 1. The summed E-state index contributed by atoms with van der Waals surface area (Å²) >= 11 is 0. The van der Waals surface area contributed by atoms with Crippen molar-refractivity contribution in [3.63, 3.8) is 0 Å². The van der Waals surface area contributed by atoms with Gasteiger partial charge in [-0.3, -0.25) is 0 Å². The number of aliphatic hydroxyl groups excluding tert-OH is 1. The number of hydrogen-bond acceptors (Lipinski definition) is 3. The topological polar surface area (TPSA) is 85.8 Å². The molecule has 0 saturated heterocycles. The Bertz CT molecular complexity index is 287. The second-order valence-electron chi connectivity index (χ2n) is 2.58. The quantitative estimate of drug-likeness (QED) is 0.600. The van der Waals surface area contributed by atoms with Crippen molar-refractivity contribution in [2.24, 2.45) is 5.73 Å². The molecule has 1 aromatic rings. The van der Waals surface area contributed by atoms with Crippen LogP contribution in [-0.4, -0.2) is 16.7 Å². The highest BCUT2D eigenvalue weighted by Crippen LogP contribution is 2.13. The van der Waals surface area contributed by atoms with Gasteiger partial charge >= 0.3 is 0 Å². The summed E-state index contributed by atoms with van der Waals surface area (Å²) in [6.45, 7) is 0.0637. The molecule has 12 heavy (non-hydrogen) atoms. The second kappa shape index (κ2) is 3.90. The van der Waals surface area contributed by atoms with Gasteiger partial charge in [0.05, 0.1) is 0 Å². The van der Waals surface area contributed by atoms with Crippen molar-refractivity contribution in [1.29, 1.82) is 5.26 Å². The average Bonchev–Trinajstić information content (AvgIpc) is 2.52. The first-order chi connectivity index (χ1) is 5.77. The first-order valence-electron chi connectivity index (χ1n) is 3.72. The van der Waals surface area contributed by atoms with Crippen LogP contribution in [0.25, 0.3) is 0 Å². The summed E-state index contributed by atoms with van der Waals surface area (Å²) in [7, 11) is 0. The fraction of sp³-hybridized carbons (Fsp3) is 0.375. The van der Waals surface area contributed by atoms with Gasteiger partial charge in [0.2, 0.25) is 0 Å². The SMILES string of the molecule is N#Cc1cc([C@H](N)CCO)c[nH]1. The normalized spacial score (nSPS) is 12.4. The zero-order valence-electron chi connectivity index (χ0n) is 6.62. The van der Waals surface area contributed by atoms with Gasteiger partial charge < -0.3 is 15.8 Å². The van der Waals surface area contributed by atoms with E-state index < -0.39 is 0 Å². The minimum absolute atomic E-state index is 0.0637. The lowest BCUT2D eigenvalue weighted by atomic mass is 10.1. The molecule has 1 atom stereocenters. The van der Waals surface area contributed by atoms with Gasteiger partial charge in [-0.05, 0) is 18.1 Å². The zero-order valence-corrected chi connectivity index (χ0v) is 6.62. The lowest BCUT2D eigenvalue weighted by molar-refractivity contribution is 0.276. The van der Waals surface area contributed by atoms with E-state index >= 15 is 0 Å². The Morgan fingerprint density at radius 3 is 3.00 bits per heavy atom. The lowest BCUT2D eigenvalue weighted by Crippen LogP contribution is -2.10. The monoisotopic (exact) mass is 165 g/mol. The Labute approximate surface area is 70.6 Å². The third-order valence-electron chi connectivity index (χ3n) is 1.69. The number of nitrogens with two attached hydrogens (primary N) is 1. The molecule has 0 fully saturated rings. The van der Waals surface area contributed by atoms with Crippen molar-refractivity contribution in [2.75, 3.05) is 6.61 Å². The molecular weight excluding hydrogens is 154 g/mol. The third-order valence-corrected chi connectivity index (χ3v) is 1.69. The molecule has 4 heteroatoms. The van der Waals surface area contributed by atoms with Crippen molar-refractivity contribution < 1.29 is 5.11 Å². The molecule has 1 heterocycles. The Morgan fingerprint density at radius 2 is 2.50 bits per heavy atom. The first-order valence-corrected chi connectivity index (χ1v) is 3.72. The maximum atomic E-state index is 8.61. The number of nitrogens with one attached hydrogen (secondary N) is 1. The smallest absolute Gasteiger partial charge is 0.117 e. The number of nitriles is 1. The molecule has 0 radical (unpaired) electrons. The Hall–Kier alpha value is -1.31. The van der Waals surface area contributed by atoms with Crippen LogP contribution in [0, 0.1) is 11.3 Å². The Morgan fingerprint density at radius 1 is 1.75 bits per heavy atom. The molecule has 64 valence electrons. The van der Waals surface area contributed by atoms with Crippen molar-refractivity contribution in [1.82, 2.24) is 4.98 Å². The predicted octanol–water partition coefficient (Wildman–Crippen LogP) is 0.269. The van der Waals surface area contributed by atoms with Crippen molar-refractivity contribution >= 4 is 0 Å². The molecule has 0 aliphatic heterocycles. The van der Waals surface area contributed by atoms with Crippen LogP contribution in [0.4, 0.5) is 0 Å². The van der Waals surface area contributed by atoms with Crippen LogP contribution in [0.15, 0.2) is 12.3 Å². The maximum absolute atomic E-state index is 8.61. The van der Waals surface area contributed by atoms with E-state index in [1.165, 1.54) is 0 Å². The van der Waals surface area contributed by atoms with Crippen LogP contribution in [-0.2, 0) is 0 Å². The minimum Gasteiger partial charge on any atom is -0.396 e. The molecule has 0 unspecified atom stereocenters. The number of aromatic nitrogens is 1. The second-order valence-corrected chi connectivity index (χ2v) is 2.58. The summed E-state index contributed by atoms with van der Waals surface area (Å²) in [5.74, 6) is 0. The van der Waals surface area contributed by atoms with E-state index in [0.717, 1.165) is 5.56 Å². The van der Waals surface area contributed by atoms with Crippen LogP contribution in [0.1, 0.15) is 23.7 Å². The van der Waals surface area contributed by atoms with Crippen LogP contribution in [0.5, 0.6) is 0 Å². The predicted molar refractivity (Wildman–Crippen MR) is 44.1 cm³/mol. The molecule has 4 nitrogen and oxygen atoms in total. The average molecular weight is 165 g/mol. The number of nitrogens with zero attached hydrogens (tertiary/aromatic N) is 1. The van der Waals surface area contributed by atoms with Gasteiger partial charge in [-0.25, -0.2) is 0 Å². The third kappa shape index (κ3) is 1.84. The van der Waals surface area contributed by atoms with Crippen LogP contribution in [0.2, 0.25) is 0 Å². The molecule has 1 rings (SSSR count).